The average molecular weight is 264 g/mol. The topological polar surface area (TPSA) is 89.7 Å². The monoisotopic (exact) mass is 264 g/mol. The van der Waals surface area contributed by atoms with Gasteiger partial charge in [0, 0.05) is 26.1 Å². The largest absolute Gasteiger partial charge is 0.384 e. The zero-order chi connectivity index (χ0) is 13.1. The van der Waals surface area contributed by atoms with Gasteiger partial charge in [-0.05, 0) is 6.42 Å². The lowest BCUT2D eigenvalue weighted by molar-refractivity contribution is -0.122. The van der Waals surface area contributed by atoms with E-state index in [0.717, 1.165) is 0 Å². The molecule has 0 aromatic heterocycles. The zero-order valence-corrected chi connectivity index (χ0v) is 11.1. The predicted octanol–water partition coefficient (Wildman–Crippen LogP) is -0.594. The Morgan fingerprint density at radius 2 is 2.12 bits per heavy atom. The van der Waals surface area contributed by atoms with Crippen molar-refractivity contribution < 1.29 is 17.9 Å². The SMILES string of the molecule is CCCS(=O)(=O)N1C[C@@H](COC)[C@H](C(N)=O)C1. The van der Waals surface area contributed by atoms with Gasteiger partial charge in [0.25, 0.3) is 0 Å². The van der Waals surface area contributed by atoms with Crippen molar-refractivity contribution in [3.8, 4) is 0 Å². The molecule has 2 atom stereocenters. The molecule has 7 heteroatoms. The van der Waals surface area contributed by atoms with Crippen molar-refractivity contribution in [3.63, 3.8) is 0 Å². The van der Waals surface area contributed by atoms with Crippen molar-refractivity contribution in [3.05, 3.63) is 0 Å². The first kappa shape index (κ1) is 14.4. The number of sulfonamides is 1. The highest BCUT2D eigenvalue weighted by molar-refractivity contribution is 7.89. The Morgan fingerprint density at radius 3 is 2.59 bits per heavy atom. The van der Waals surface area contributed by atoms with Crippen LogP contribution in [0.2, 0.25) is 0 Å². The number of methoxy groups -OCH3 is 1. The molecule has 0 radical (unpaired) electrons. The minimum atomic E-state index is -3.26. The Kier molecular flexibility index (Phi) is 4.91. The van der Waals surface area contributed by atoms with Crippen molar-refractivity contribution in [1.82, 2.24) is 4.31 Å². The summed E-state index contributed by atoms with van der Waals surface area (Å²) in [7, 11) is -1.73. The third-order valence-electron chi connectivity index (χ3n) is 3.01. The molecule has 1 rings (SSSR count). The molecule has 2 N–H and O–H groups in total. The summed E-state index contributed by atoms with van der Waals surface area (Å²) in [6.45, 7) is 2.67. The first-order chi connectivity index (χ1) is 7.92. The van der Waals surface area contributed by atoms with Gasteiger partial charge in [-0.25, -0.2) is 12.7 Å². The van der Waals surface area contributed by atoms with Crippen LogP contribution < -0.4 is 5.73 Å². The molecule has 0 aromatic carbocycles. The number of ether oxygens (including phenoxy) is 1. The molecule has 0 aromatic rings. The number of hydrogen-bond donors (Lipinski definition) is 1. The van der Waals surface area contributed by atoms with Crippen LogP contribution in [0, 0.1) is 11.8 Å². The third kappa shape index (κ3) is 3.40. The Bertz CT molecular complexity index is 369. The molecule has 0 aliphatic carbocycles. The fraction of sp³-hybridized carbons (Fsp3) is 0.900. The smallest absolute Gasteiger partial charge is 0.222 e. The first-order valence-corrected chi connectivity index (χ1v) is 7.29. The molecule has 6 nitrogen and oxygen atoms in total. The Balaban J connectivity index is 2.78. The van der Waals surface area contributed by atoms with Crippen molar-refractivity contribution in [1.29, 1.82) is 0 Å². The van der Waals surface area contributed by atoms with Gasteiger partial charge in [-0.15, -0.1) is 0 Å². The molecule has 100 valence electrons. The van der Waals surface area contributed by atoms with E-state index < -0.39 is 21.8 Å². The van der Waals surface area contributed by atoms with E-state index in [1.54, 1.807) is 0 Å². The quantitative estimate of drug-likeness (QED) is 0.694. The number of rotatable bonds is 6. The lowest BCUT2D eigenvalue weighted by Crippen LogP contribution is -2.33. The second kappa shape index (κ2) is 5.79. The summed E-state index contributed by atoms with van der Waals surface area (Å²) in [5.41, 5.74) is 5.28. The molecule has 1 saturated heterocycles. The van der Waals surface area contributed by atoms with E-state index in [2.05, 4.69) is 0 Å². The number of hydrogen-bond acceptors (Lipinski definition) is 4. The van der Waals surface area contributed by atoms with Crippen LogP contribution in [-0.4, -0.2) is 51.2 Å². The van der Waals surface area contributed by atoms with Crippen LogP contribution >= 0.6 is 0 Å². The average Bonchev–Trinajstić information content (AvgIpc) is 2.63. The number of carbonyl (C=O) groups excluding carboxylic acids is 1. The highest BCUT2D eigenvalue weighted by Gasteiger charge is 2.40. The summed E-state index contributed by atoms with van der Waals surface area (Å²) >= 11 is 0. The van der Waals surface area contributed by atoms with E-state index in [1.165, 1.54) is 11.4 Å². The fourth-order valence-corrected chi connectivity index (χ4v) is 3.73. The van der Waals surface area contributed by atoms with Crippen molar-refractivity contribution in [2.75, 3.05) is 32.6 Å². The molecule has 17 heavy (non-hydrogen) atoms. The van der Waals surface area contributed by atoms with Crippen LogP contribution in [0.15, 0.2) is 0 Å². The second-order valence-electron chi connectivity index (χ2n) is 4.36. The summed E-state index contributed by atoms with van der Waals surface area (Å²) in [5.74, 6) is -0.926. The summed E-state index contributed by atoms with van der Waals surface area (Å²) in [5, 5.41) is 0. The van der Waals surface area contributed by atoms with Gasteiger partial charge in [0.05, 0.1) is 18.3 Å². The van der Waals surface area contributed by atoms with Crippen molar-refractivity contribution in [2.45, 2.75) is 13.3 Å². The summed E-state index contributed by atoms with van der Waals surface area (Å²) < 4.78 is 30.1. The van der Waals surface area contributed by atoms with Gasteiger partial charge in [0.15, 0.2) is 0 Å². The van der Waals surface area contributed by atoms with E-state index in [0.29, 0.717) is 19.6 Å². The molecule has 0 bridgehead atoms. The van der Waals surface area contributed by atoms with E-state index in [4.69, 9.17) is 10.5 Å². The molecular weight excluding hydrogens is 244 g/mol. The lowest BCUT2D eigenvalue weighted by atomic mass is 9.96. The van der Waals surface area contributed by atoms with Gasteiger partial charge in [-0.3, -0.25) is 4.79 Å². The van der Waals surface area contributed by atoms with Crippen molar-refractivity contribution >= 4 is 15.9 Å². The number of carbonyl (C=O) groups is 1. The van der Waals surface area contributed by atoms with E-state index in [1.807, 2.05) is 6.92 Å². The van der Waals surface area contributed by atoms with Gasteiger partial charge < -0.3 is 10.5 Å². The highest BCUT2D eigenvalue weighted by Crippen LogP contribution is 2.26. The van der Waals surface area contributed by atoms with Crippen LogP contribution in [0.5, 0.6) is 0 Å². The van der Waals surface area contributed by atoms with Crippen molar-refractivity contribution in [2.24, 2.45) is 17.6 Å². The van der Waals surface area contributed by atoms with E-state index in [9.17, 15) is 13.2 Å². The third-order valence-corrected chi connectivity index (χ3v) is 5.02. The number of nitrogens with zero attached hydrogens (tertiary/aromatic N) is 1. The molecule has 1 aliphatic rings. The number of amides is 1. The van der Waals surface area contributed by atoms with E-state index >= 15 is 0 Å². The normalized spacial score (nSPS) is 26.2. The Labute approximate surface area is 102 Å². The molecular formula is C10H20N2O4S. The molecule has 0 saturated carbocycles. The number of nitrogens with two attached hydrogens (primary N) is 1. The highest BCUT2D eigenvalue weighted by atomic mass is 32.2. The molecule has 1 heterocycles. The summed E-state index contributed by atoms with van der Waals surface area (Å²) in [6, 6.07) is 0. The van der Waals surface area contributed by atoms with Gasteiger partial charge >= 0.3 is 0 Å². The van der Waals surface area contributed by atoms with Crippen LogP contribution in [0.25, 0.3) is 0 Å². The molecule has 1 fully saturated rings. The summed E-state index contributed by atoms with van der Waals surface area (Å²) in [6.07, 6.45) is 0.564. The first-order valence-electron chi connectivity index (χ1n) is 5.68. The number of primary amides is 1. The minimum absolute atomic E-state index is 0.109. The van der Waals surface area contributed by atoms with Gasteiger partial charge in [0.2, 0.25) is 15.9 Å². The predicted molar refractivity (Wildman–Crippen MR) is 63.7 cm³/mol. The molecule has 1 amide bonds. The fourth-order valence-electron chi connectivity index (χ4n) is 2.15. The van der Waals surface area contributed by atoms with Gasteiger partial charge in [-0.1, -0.05) is 6.92 Å². The molecule has 1 aliphatic heterocycles. The van der Waals surface area contributed by atoms with Gasteiger partial charge in [0.1, 0.15) is 0 Å². The zero-order valence-electron chi connectivity index (χ0n) is 10.3. The minimum Gasteiger partial charge on any atom is -0.384 e. The maximum Gasteiger partial charge on any atom is 0.222 e. The lowest BCUT2D eigenvalue weighted by Gasteiger charge is -2.15. The standard InChI is InChI=1S/C10H20N2O4S/c1-3-4-17(14,15)12-5-8(7-16-2)9(6-12)10(11)13/h8-9H,3-7H2,1-2H3,(H2,11,13)/t8-,9+/m0/s1. The van der Waals surface area contributed by atoms with E-state index in [-0.39, 0.29) is 18.2 Å². The van der Waals surface area contributed by atoms with Crippen LogP contribution in [-0.2, 0) is 19.6 Å². The molecule has 0 spiro atoms. The second-order valence-corrected chi connectivity index (χ2v) is 6.45. The maximum atomic E-state index is 11.9. The van der Waals surface area contributed by atoms with Gasteiger partial charge in [-0.2, -0.15) is 0 Å². The molecule has 0 unspecified atom stereocenters. The Hall–Kier alpha value is -0.660. The van der Waals surface area contributed by atoms with Crippen LogP contribution in [0.4, 0.5) is 0 Å². The maximum absolute atomic E-state index is 11.9. The van der Waals surface area contributed by atoms with Crippen LogP contribution in [0.1, 0.15) is 13.3 Å². The van der Waals surface area contributed by atoms with Crippen LogP contribution in [0.3, 0.4) is 0 Å². The Morgan fingerprint density at radius 1 is 1.47 bits per heavy atom. The summed E-state index contributed by atoms with van der Waals surface area (Å²) in [4.78, 5) is 11.3.